The topological polar surface area (TPSA) is 53.4 Å². The van der Waals surface area contributed by atoms with Gasteiger partial charge >= 0.3 is 12.1 Å². The van der Waals surface area contributed by atoms with Gasteiger partial charge in [0.15, 0.2) is 5.92 Å². The van der Waals surface area contributed by atoms with E-state index in [4.69, 9.17) is 5.11 Å². The summed E-state index contributed by atoms with van der Waals surface area (Å²) in [6, 6.07) is 3.38. The van der Waals surface area contributed by atoms with Crippen LogP contribution in [0, 0.1) is 5.92 Å². The molecule has 0 aliphatic heterocycles. The molecule has 1 atom stereocenters. The van der Waals surface area contributed by atoms with Crippen molar-refractivity contribution in [2.75, 3.05) is 13.6 Å². The fourth-order valence-corrected chi connectivity index (χ4v) is 1.50. The molecule has 0 radical (unpaired) electrons. The number of alkyl halides is 3. The number of carboxylic acids is 1. The third kappa shape index (κ3) is 4.33. The van der Waals surface area contributed by atoms with Crippen LogP contribution in [0.4, 0.5) is 13.2 Å². The van der Waals surface area contributed by atoms with Gasteiger partial charge in [-0.1, -0.05) is 6.07 Å². The van der Waals surface area contributed by atoms with Gasteiger partial charge in [0.05, 0.1) is 0 Å². The van der Waals surface area contributed by atoms with Crippen molar-refractivity contribution in [3.63, 3.8) is 0 Å². The highest BCUT2D eigenvalue weighted by Gasteiger charge is 2.45. The molecule has 1 heterocycles. The second kappa shape index (κ2) is 5.81. The van der Waals surface area contributed by atoms with E-state index in [1.165, 1.54) is 18.1 Å². The Bertz CT molecular complexity index is 395. The SMILES string of the molecule is CN(Cc1cccnc1)CC(C(=O)O)C(F)(F)F. The van der Waals surface area contributed by atoms with Gasteiger partial charge in [0.2, 0.25) is 0 Å². The first-order chi connectivity index (χ1) is 8.30. The summed E-state index contributed by atoms with van der Waals surface area (Å²) >= 11 is 0. The van der Waals surface area contributed by atoms with Crippen LogP contribution in [0.2, 0.25) is 0 Å². The zero-order valence-electron chi connectivity index (χ0n) is 9.68. The molecule has 0 aromatic carbocycles. The lowest BCUT2D eigenvalue weighted by molar-refractivity contribution is -0.196. The molecule has 18 heavy (non-hydrogen) atoms. The highest BCUT2D eigenvalue weighted by Crippen LogP contribution is 2.27. The minimum Gasteiger partial charge on any atom is -0.481 e. The Morgan fingerprint density at radius 3 is 2.67 bits per heavy atom. The first kappa shape index (κ1) is 14.4. The van der Waals surface area contributed by atoms with Gasteiger partial charge in [-0.25, -0.2) is 0 Å². The quantitative estimate of drug-likeness (QED) is 0.878. The first-order valence-electron chi connectivity index (χ1n) is 5.17. The van der Waals surface area contributed by atoms with Crippen LogP contribution in [-0.4, -0.2) is 40.7 Å². The Labute approximate surface area is 102 Å². The fraction of sp³-hybridized carbons (Fsp3) is 0.455. The second-order valence-corrected chi connectivity index (χ2v) is 3.99. The Morgan fingerprint density at radius 1 is 1.56 bits per heavy atom. The van der Waals surface area contributed by atoms with Crippen molar-refractivity contribution < 1.29 is 23.1 Å². The molecule has 0 saturated heterocycles. The Balaban J connectivity index is 2.63. The summed E-state index contributed by atoms with van der Waals surface area (Å²) < 4.78 is 37.4. The summed E-state index contributed by atoms with van der Waals surface area (Å²) in [6.45, 7) is -0.374. The standard InChI is InChI=1S/C11H13F3N2O2/c1-16(6-8-3-2-4-15-5-8)7-9(10(17)18)11(12,13)14/h2-5,9H,6-7H2,1H3,(H,17,18). The van der Waals surface area contributed by atoms with Crippen LogP contribution < -0.4 is 0 Å². The molecule has 1 aromatic rings. The van der Waals surface area contributed by atoms with Gasteiger partial charge in [-0.05, 0) is 18.7 Å². The van der Waals surface area contributed by atoms with Crippen molar-refractivity contribution in [1.29, 1.82) is 0 Å². The number of pyridine rings is 1. The normalized spacial score (nSPS) is 13.6. The average Bonchev–Trinajstić information content (AvgIpc) is 2.25. The van der Waals surface area contributed by atoms with Gasteiger partial charge in [0.1, 0.15) is 0 Å². The molecule has 1 rings (SSSR count). The Kier molecular flexibility index (Phi) is 4.66. The monoisotopic (exact) mass is 262 g/mol. The van der Waals surface area contributed by atoms with Crippen molar-refractivity contribution in [1.82, 2.24) is 9.88 Å². The smallest absolute Gasteiger partial charge is 0.403 e. The predicted molar refractivity (Wildman–Crippen MR) is 57.8 cm³/mol. The van der Waals surface area contributed by atoms with Crippen LogP contribution in [0.3, 0.4) is 0 Å². The molecule has 100 valence electrons. The highest BCUT2D eigenvalue weighted by molar-refractivity contribution is 5.71. The van der Waals surface area contributed by atoms with Crippen molar-refractivity contribution in [3.8, 4) is 0 Å². The molecule has 0 saturated carbocycles. The molecular formula is C11H13F3N2O2. The molecule has 4 nitrogen and oxygen atoms in total. The largest absolute Gasteiger partial charge is 0.481 e. The van der Waals surface area contributed by atoms with Gasteiger partial charge in [-0.2, -0.15) is 13.2 Å². The van der Waals surface area contributed by atoms with Crippen LogP contribution >= 0.6 is 0 Å². The van der Waals surface area contributed by atoms with Gasteiger partial charge in [-0.15, -0.1) is 0 Å². The molecule has 0 aliphatic carbocycles. The summed E-state index contributed by atoms with van der Waals surface area (Å²) in [5, 5.41) is 8.56. The van der Waals surface area contributed by atoms with E-state index < -0.39 is 24.6 Å². The fourth-order valence-electron chi connectivity index (χ4n) is 1.50. The van der Waals surface area contributed by atoms with Crippen molar-refractivity contribution in [3.05, 3.63) is 30.1 Å². The van der Waals surface area contributed by atoms with Gasteiger partial charge < -0.3 is 10.0 Å². The Morgan fingerprint density at radius 2 is 2.22 bits per heavy atom. The number of carboxylic acid groups (broad SMARTS) is 1. The van der Waals surface area contributed by atoms with E-state index in [0.717, 1.165) is 5.56 Å². The minimum absolute atomic E-state index is 0.216. The summed E-state index contributed by atoms with van der Waals surface area (Å²) in [7, 11) is 1.44. The maximum absolute atomic E-state index is 12.5. The van der Waals surface area contributed by atoms with Gasteiger partial charge in [-0.3, -0.25) is 9.78 Å². The zero-order chi connectivity index (χ0) is 13.8. The molecular weight excluding hydrogens is 249 g/mol. The minimum atomic E-state index is -4.74. The maximum atomic E-state index is 12.5. The highest BCUT2D eigenvalue weighted by atomic mass is 19.4. The summed E-state index contributed by atoms with van der Waals surface area (Å²) in [6.07, 6.45) is -1.66. The average molecular weight is 262 g/mol. The number of aromatic nitrogens is 1. The summed E-state index contributed by atoms with van der Waals surface area (Å²) in [5.41, 5.74) is 0.728. The van der Waals surface area contributed by atoms with Crippen LogP contribution in [0.5, 0.6) is 0 Å². The molecule has 0 fully saturated rings. The van der Waals surface area contributed by atoms with Gasteiger partial charge in [0, 0.05) is 25.5 Å². The third-order valence-corrected chi connectivity index (χ3v) is 2.36. The number of carbonyl (C=O) groups is 1. The molecule has 7 heteroatoms. The number of halogens is 3. The third-order valence-electron chi connectivity index (χ3n) is 2.36. The van der Waals surface area contributed by atoms with Crippen molar-refractivity contribution in [2.45, 2.75) is 12.7 Å². The molecule has 0 amide bonds. The van der Waals surface area contributed by atoms with Gasteiger partial charge in [0.25, 0.3) is 0 Å². The van der Waals surface area contributed by atoms with E-state index in [1.807, 2.05) is 0 Å². The zero-order valence-corrected chi connectivity index (χ0v) is 9.68. The van der Waals surface area contributed by atoms with Crippen LogP contribution in [0.1, 0.15) is 5.56 Å². The van der Waals surface area contributed by atoms with E-state index in [-0.39, 0.29) is 6.54 Å². The summed E-state index contributed by atoms with van der Waals surface area (Å²) in [5.74, 6) is -4.24. The van der Waals surface area contributed by atoms with Crippen LogP contribution in [-0.2, 0) is 11.3 Å². The lowest BCUT2D eigenvalue weighted by Crippen LogP contribution is -2.39. The number of rotatable bonds is 5. The Hall–Kier alpha value is -1.63. The van der Waals surface area contributed by atoms with Crippen molar-refractivity contribution in [2.24, 2.45) is 5.92 Å². The van der Waals surface area contributed by atoms with Crippen LogP contribution in [0.25, 0.3) is 0 Å². The molecule has 1 unspecified atom stereocenters. The number of nitrogens with zero attached hydrogens (tertiary/aromatic N) is 2. The number of hydrogen-bond donors (Lipinski definition) is 1. The predicted octanol–water partition coefficient (Wildman–Crippen LogP) is 1.78. The molecule has 1 aromatic heterocycles. The number of aliphatic carboxylic acids is 1. The van der Waals surface area contributed by atoms with Crippen molar-refractivity contribution >= 4 is 5.97 Å². The number of hydrogen-bond acceptors (Lipinski definition) is 3. The maximum Gasteiger partial charge on any atom is 0.403 e. The summed E-state index contributed by atoms with van der Waals surface area (Å²) in [4.78, 5) is 15.7. The van der Waals surface area contributed by atoms with E-state index in [0.29, 0.717) is 0 Å². The molecule has 1 N–H and O–H groups in total. The lowest BCUT2D eigenvalue weighted by atomic mass is 10.1. The second-order valence-electron chi connectivity index (χ2n) is 3.99. The van der Waals surface area contributed by atoms with E-state index >= 15 is 0 Å². The molecule has 0 aliphatic rings. The van der Waals surface area contributed by atoms with E-state index in [9.17, 15) is 18.0 Å². The lowest BCUT2D eigenvalue weighted by Gasteiger charge is -2.23. The first-order valence-corrected chi connectivity index (χ1v) is 5.17. The molecule has 0 spiro atoms. The van der Waals surface area contributed by atoms with E-state index in [2.05, 4.69) is 4.98 Å². The molecule has 0 bridgehead atoms. The van der Waals surface area contributed by atoms with E-state index in [1.54, 1.807) is 18.3 Å². The van der Waals surface area contributed by atoms with Crippen LogP contribution in [0.15, 0.2) is 24.5 Å².